The van der Waals surface area contributed by atoms with Crippen LogP contribution >= 0.6 is 0 Å². The van der Waals surface area contributed by atoms with Gasteiger partial charge in [-0.15, -0.1) is 6.58 Å². The summed E-state index contributed by atoms with van der Waals surface area (Å²) in [5.74, 6) is 0.203. The Labute approximate surface area is 74.3 Å². The molecule has 0 amide bonds. The van der Waals surface area contributed by atoms with E-state index in [9.17, 15) is 4.79 Å². The summed E-state index contributed by atoms with van der Waals surface area (Å²) in [5, 5.41) is 8.50. The SMILES string of the molecule is C=CC(C)(C)CC(=O)CCCO. The average Bonchev–Trinajstić information content (AvgIpc) is 2.00. The minimum absolute atomic E-state index is 0.0975. The van der Waals surface area contributed by atoms with Crippen LogP contribution in [0.4, 0.5) is 0 Å². The van der Waals surface area contributed by atoms with Gasteiger partial charge in [-0.05, 0) is 11.8 Å². The normalized spacial score (nSPS) is 11.2. The zero-order valence-corrected chi connectivity index (χ0v) is 7.97. The van der Waals surface area contributed by atoms with Gasteiger partial charge in [0.1, 0.15) is 5.78 Å². The number of hydrogen-bond donors (Lipinski definition) is 1. The predicted octanol–water partition coefficient (Wildman–Crippen LogP) is 1.93. The lowest BCUT2D eigenvalue weighted by Crippen LogP contribution is -2.14. The molecule has 0 fully saturated rings. The summed E-state index contributed by atoms with van der Waals surface area (Å²) < 4.78 is 0. The summed E-state index contributed by atoms with van der Waals surface area (Å²) in [7, 11) is 0. The molecule has 0 unspecified atom stereocenters. The molecule has 0 aromatic heterocycles. The van der Waals surface area contributed by atoms with Crippen molar-refractivity contribution in [3.8, 4) is 0 Å². The van der Waals surface area contributed by atoms with E-state index in [2.05, 4.69) is 6.58 Å². The Hall–Kier alpha value is -0.630. The Bertz CT molecular complexity index is 159. The van der Waals surface area contributed by atoms with Crippen LogP contribution in [0.5, 0.6) is 0 Å². The number of aliphatic hydroxyl groups is 1. The lowest BCUT2D eigenvalue weighted by atomic mass is 9.86. The van der Waals surface area contributed by atoms with Gasteiger partial charge in [0.15, 0.2) is 0 Å². The Kier molecular flexibility index (Phi) is 4.83. The molecule has 0 saturated heterocycles. The fraction of sp³-hybridized carbons (Fsp3) is 0.700. The Morgan fingerprint density at radius 3 is 2.58 bits per heavy atom. The number of hydrogen-bond acceptors (Lipinski definition) is 2. The van der Waals surface area contributed by atoms with Gasteiger partial charge in [0.2, 0.25) is 0 Å². The summed E-state index contributed by atoms with van der Waals surface area (Å²) in [6.45, 7) is 7.73. The first-order chi connectivity index (χ1) is 5.52. The quantitative estimate of drug-likeness (QED) is 0.618. The average molecular weight is 170 g/mol. The van der Waals surface area contributed by atoms with E-state index in [0.717, 1.165) is 0 Å². The van der Waals surface area contributed by atoms with Crippen LogP contribution in [-0.4, -0.2) is 17.5 Å². The van der Waals surface area contributed by atoms with Crippen molar-refractivity contribution in [3.05, 3.63) is 12.7 Å². The van der Waals surface area contributed by atoms with Crippen LogP contribution in [0.15, 0.2) is 12.7 Å². The van der Waals surface area contributed by atoms with Crippen LogP contribution in [-0.2, 0) is 4.79 Å². The van der Waals surface area contributed by atoms with Crippen LogP contribution in [0.25, 0.3) is 0 Å². The molecule has 0 aliphatic rings. The number of Topliss-reactive ketones (excluding diaryl/α,β-unsaturated/α-hetero) is 1. The van der Waals surface area contributed by atoms with Gasteiger partial charge in [-0.2, -0.15) is 0 Å². The first-order valence-corrected chi connectivity index (χ1v) is 4.28. The first kappa shape index (κ1) is 11.4. The van der Waals surface area contributed by atoms with Crippen molar-refractivity contribution < 1.29 is 9.90 Å². The molecule has 0 bridgehead atoms. The second-order valence-electron chi connectivity index (χ2n) is 3.74. The molecule has 0 saturated carbocycles. The van der Waals surface area contributed by atoms with Gasteiger partial charge in [-0.25, -0.2) is 0 Å². The molecular formula is C10H18O2. The van der Waals surface area contributed by atoms with Crippen molar-refractivity contribution >= 4 is 5.78 Å². The third kappa shape index (κ3) is 5.08. The number of aliphatic hydroxyl groups excluding tert-OH is 1. The van der Waals surface area contributed by atoms with Gasteiger partial charge in [-0.3, -0.25) is 4.79 Å². The second kappa shape index (κ2) is 5.09. The summed E-state index contributed by atoms with van der Waals surface area (Å²) in [6, 6.07) is 0. The van der Waals surface area contributed by atoms with Crippen molar-refractivity contribution in [1.82, 2.24) is 0 Å². The highest BCUT2D eigenvalue weighted by molar-refractivity contribution is 5.79. The zero-order valence-electron chi connectivity index (χ0n) is 7.97. The fourth-order valence-electron chi connectivity index (χ4n) is 0.945. The summed E-state index contributed by atoms with van der Waals surface area (Å²) in [4.78, 5) is 11.2. The van der Waals surface area contributed by atoms with E-state index in [1.165, 1.54) is 0 Å². The van der Waals surface area contributed by atoms with Crippen LogP contribution in [0.2, 0.25) is 0 Å². The van der Waals surface area contributed by atoms with E-state index >= 15 is 0 Å². The Morgan fingerprint density at radius 1 is 1.58 bits per heavy atom. The number of ketones is 1. The highest BCUT2D eigenvalue weighted by Crippen LogP contribution is 2.22. The highest BCUT2D eigenvalue weighted by atomic mass is 16.3. The van der Waals surface area contributed by atoms with Crippen LogP contribution < -0.4 is 0 Å². The molecule has 0 rings (SSSR count). The number of allylic oxidation sites excluding steroid dienone is 1. The number of carbonyl (C=O) groups excluding carboxylic acids is 1. The first-order valence-electron chi connectivity index (χ1n) is 4.28. The van der Waals surface area contributed by atoms with E-state index < -0.39 is 0 Å². The largest absolute Gasteiger partial charge is 0.396 e. The molecular weight excluding hydrogens is 152 g/mol. The van der Waals surface area contributed by atoms with E-state index in [0.29, 0.717) is 19.3 Å². The lowest BCUT2D eigenvalue weighted by Gasteiger charge is -2.17. The molecule has 0 aromatic carbocycles. The molecule has 0 atom stereocenters. The zero-order chi connectivity index (χ0) is 9.61. The maximum Gasteiger partial charge on any atom is 0.133 e. The second-order valence-corrected chi connectivity index (χ2v) is 3.74. The van der Waals surface area contributed by atoms with Gasteiger partial charge in [0.05, 0.1) is 0 Å². The molecule has 2 nitrogen and oxygen atoms in total. The van der Waals surface area contributed by atoms with Crippen molar-refractivity contribution in [2.45, 2.75) is 33.1 Å². The molecule has 0 heterocycles. The molecule has 12 heavy (non-hydrogen) atoms. The monoisotopic (exact) mass is 170 g/mol. The summed E-state index contributed by atoms with van der Waals surface area (Å²) in [5.41, 5.74) is -0.105. The molecule has 2 heteroatoms. The van der Waals surface area contributed by atoms with Crippen LogP contribution in [0.1, 0.15) is 33.1 Å². The molecule has 0 spiro atoms. The molecule has 0 aromatic rings. The number of carbonyl (C=O) groups is 1. The van der Waals surface area contributed by atoms with Gasteiger partial charge in [0, 0.05) is 19.4 Å². The number of rotatable bonds is 6. The maximum atomic E-state index is 11.2. The van der Waals surface area contributed by atoms with Gasteiger partial charge in [0.25, 0.3) is 0 Å². The van der Waals surface area contributed by atoms with E-state index in [-0.39, 0.29) is 17.8 Å². The topological polar surface area (TPSA) is 37.3 Å². The van der Waals surface area contributed by atoms with Crippen molar-refractivity contribution in [3.63, 3.8) is 0 Å². The third-order valence-electron chi connectivity index (χ3n) is 1.82. The van der Waals surface area contributed by atoms with Crippen molar-refractivity contribution in [2.75, 3.05) is 6.61 Å². The van der Waals surface area contributed by atoms with E-state index in [1.807, 2.05) is 13.8 Å². The lowest BCUT2D eigenvalue weighted by molar-refractivity contribution is -0.120. The molecule has 70 valence electrons. The Morgan fingerprint density at radius 2 is 2.17 bits per heavy atom. The minimum atomic E-state index is -0.105. The third-order valence-corrected chi connectivity index (χ3v) is 1.82. The minimum Gasteiger partial charge on any atom is -0.396 e. The smallest absolute Gasteiger partial charge is 0.133 e. The van der Waals surface area contributed by atoms with Crippen molar-refractivity contribution in [2.24, 2.45) is 5.41 Å². The molecule has 0 aliphatic carbocycles. The van der Waals surface area contributed by atoms with Crippen molar-refractivity contribution in [1.29, 1.82) is 0 Å². The standard InChI is InChI=1S/C10H18O2/c1-4-10(2,3)8-9(12)6-5-7-11/h4,11H,1,5-8H2,2-3H3. The maximum absolute atomic E-state index is 11.2. The Balaban J connectivity index is 3.76. The van der Waals surface area contributed by atoms with E-state index in [4.69, 9.17) is 5.11 Å². The molecule has 1 N–H and O–H groups in total. The predicted molar refractivity (Wildman–Crippen MR) is 49.9 cm³/mol. The van der Waals surface area contributed by atoms with Gasteiger partial charge < -0.3 is 5.11 Å². The van der Waals surface area contributed by atoms with Crippen LogP contribution in [0.3, 0.4) is 0 Å². The van der Waals surface area contributed by atoms with Gasteiger partial charge >= 0.3 is 0 Å². The summed E-state index contributed by atoms with van der Waals surface area (Å²) >= 11 is 0. The van der Waals surface area contributed by atoms with E-state index in [1.54, 1.807) is 6.08 Å². The molecule has 0 radical (unpaired) electrons. The highest BCUT2D eigenvalue weighted by Gasteiger charge is 2.17. The summed E-state index contributed by atoms with van der Waals surface area (Å²) in [6.07, 6.45) is 3.38. The molecule has 0 aliphatic heterocycles. The van der Waals surface area contributed by atoms with Crippen LogP contribution in [0, 0.1) is 5.41 Å². The van der Waals surface area contributed by atoms with Gasteiger partial charge in [-0.1, -0.05) is 19.9 Å². The fourth-order valence-corrected chi connectivity index (χ4v) is 0.945.